The van der Waals surface area contributed by atoms with Gasteiger partial charge in [0, 0.05) is 6.54 Å². The van der Waals surface area contributed by atoms with Crippen molar-refractivity contribution in [3.63, 3.8) is 0 Å². The summed E-state index contributed by atoms with van der Waals surface area (Å²) in [5, 5.41) is 15.6. The third kappa shape index (κ3) is 2.04. The topological polar surface area (TPSA) is 77.2 Å². The SMILES string of the molecule is C=CCn1c(C)nnc(COO)c1=O. The number of allylic oxidation sites excluding steroid dienone is 1. The van der Waals surface area contributed by atoms with Crippen LogP contribution in [0, 0.1) is 6.92 Å². The predicted molar refractivity (Wildman–Crippen MR) is 48.6 cm³/mol. The number of aryl methyl sites for hydroxylation is 1. The molecule has 14 heavy (non-hydrogen) atoms. The van der Waals surface area contributed by atoms with Gasteiger partial charge < -0.3 is 0 Å². The molecule has 0 aliphatic heterocycles. The highest BCUT2D eigenvalue weighted by atomic mass is 17.1. The average molecular weight is 197 g/mol. The highest BCUT2D eigenvalue weighted by molar-refractivity contribution is 4.97. The van der Waals surface area contributed by atoms with Gasteiger partial charge >= 0.3 is 0 Å². The normalized spacial score (nSPS) is 10.1. The molecule has 0 spiro atoms. The van der Waals surface area contributed by atoms with Crippen LogP contribution in [0.2, 0.25) is 0 Å². The van der Waals surface area contributed by atoms with Crippen LogP contribution < -0.4 is 5.56 Å². The van der Waals surface area contributed by atoms with Crippen LogP contribution in [0.15, 0.2) is 17.4 Å². The van der Waals surface area contributed by atoms with E-state index in [0.717, 1.165) is 0 Å². The van der Waals surface area contributed by atoms with E-state index >= 15 is 0 Å². The van der Waals surface area contributed by atoms with Crippen LogP contribution in [0.1, 0.15) is 11.5 Å². The van der Waals surface area contributed by atoms with Gasteiger partial charge in [-0.25, -0.2) is 4.89 Å². The Morgan fingerprint density at radius 3 is 2.93 bits per heavy atom. The molecule has 0 saturated carbocycles. The molecule has 0 radical (unpaired) electrons. The summed E-state index contributed by atoms with van der Waals surface area (Å²) in [7, 11) is 0. The first-order valence-electron chi connectivity index (χ1n) is 4.01. The van der Waals surface area contributed by atoms with Crippen LogP contribution in [0.25, 0.3) is 0 Å². The van der Waals surface area contributed by atoms with Crippen molar-refractivity contribution in [3.8, 4) is 0 Å². The molecule has 76 valence electrons. The molecule has 0 amide bonds. The van der Waals surface area contributed by atoms with E-state index in [1.165, 1.54) is 4.57 Å². The van der Waals surface area contributed by atoms with Gasteiger partial charge in [0.05, 0.1) is 0 Å². The Morgan fingerprint density at radius 1 is 1.64 bits per heavy atom. The number of hydrogen-bond donors (Lipinski definition) is 1. The first-order chi connectivity index (χ1) is 6.70. The smallest absolute Gasteiger partial charge is 0.278 e. The Bertz CT molecular complexity index is 386. The van der Waals surface area contributed by atoms with Gasteiger partial charge in [0.2, 0.25) is 0 Å². The summed E-state index contributed by atoms with van der Waals surface area (Å²) >= 11 is 0. The lowest BCUT2D eigenvalue weighted by atomic mass is 10.4. The molecule has 1 heterocycles. The maximum absolute atomic E-state index is 11.6. The minimum absolute atomic E-state index is 0.0694. The molecular formula is C8H11N3O3. The van der Waals surface area contributed by atoms with E-state index in [0.29, 0.717) is 12.4 Å². The summed E-state index contributed by atoms with van der Waals surface area (Å²) in [4.78, 5) is 15.4. The van der Waals surface area contributed by atoms with Gasteiger partial charge in [0.25, 0.3) is 5.56 Å². The fourth-order valence-electron chi connectivity index (χ4n) is 1.03. The molecule has 1 aromatic rings. The number of rotatable bonds is 4. The quantitative estimate of drug-likeness (QED) is 0.421. The van der Waals surface area contributed by atoms with Crippen LogP contribution >= 0.6 is 0 Å². The summed E-state index contributed by atoms with van der Waals surface area (Å²) < 4.78 is 1.40. The third-order valence-corrected chi connectivity index (χ3v) is 1.71. The van der Waals surface area contributed by atoms with Crippen LogP contribution in [0.4, 0.5) is 0 Å². The zero-order valence-corrected chi connectivity index (χ0v) is 7.80. The van der Waals surface area contributed by atoms with E-state index in [1.807, 2.05) is 0 Å². The van der Waals surface area contributed by atoms with Crippen molar-refractivity contribution in [1.82, 2.24) is 14.8 Å². The maximum Gasteiger partial charge on any atom is 0.278 e. The van der Waals surface area contributed by atoms with Gasteiger partial charge in [0.15, 0.2) is 5.69 Å². The molecule has 0 atom stereocenters. The Balaban J connectivity index is 3.19. The van der Waals surface area contributed by atoms with E-state index in [-0.39, 0.29) is 17.9 Å². The van der Waals surface area contributed by atoms with Crippen LogP contribution in [0.3, 0.4) is 0 Å². The molecule has 0 unspecified atom stereocenters. The van der Waals surface area contributed by atoms with Crippen LogP contribution in [-0.4, -0.2) is 20.0 Å². The second kappa shape index (κ2) is 4.64. The molecule has 6 nitrogen and oxygen atoms in total. The van der Waals surface area contributed by atoms with E-state index < -0.39 is 0 Å². The second-order valence-electron chi connectivity index (χ2n) is 2.67. The van der Waals surface area contributed by atoms with Crippen molar-refractivity contribution < 1.29 is 10.1 Å². The van der Waals surface area contributed by atoms with Gasteiger partial charge in [0.1, 0.15) is 12.4 Å². The monoisotopic (exact) mass is 197 g/mol. The van der Waals surface area contributed by atoms with Gasteiger partial charge in [-0.1, -0.05) is 6.08 Å². The van der Waals surface area contributed by atoms with Crippen LogP contribution in [0.5, 0.6) is 0 Å². The predicted octanol–water partition coefficient (Wildman–Crippen LogP) is 0.122. The zero-order chi connectivity index (χ0) is 10.6. The standard InChI is InChI=1S/C8H11N3O3/c1-3-4-11-6(2)9-10-7(5-14-13)8(11)12/h3,13H,1,4-5H2,2H3. The lowest BCUT2D eigenvalue weighted by Crippen LogP contribution is -2.28. The molecule has 0 aliphatic rings. The van der Waals surface area contributed by atoms with Gasteiger partial charge in [-0.2, -0.15) is 0 Å². The fraction of sp³-hybridized carbons (Fsp3) is 0.375. The molecule has 0 fully saturated rings. The Morgan fingerprint density at radius 2 is 2.36 bits per heavy atom. The van der Waals surface area contributed by atoms with E-state index in [1.54, 1.807) is 13.0 Å². The summed E-state index contributed by atoms with van der Waals surface area (Å²) in [6, 6.07) is 0. The first-order valence-corrected chi connectivity index (χ1v) is 4.01. The molecule has 1 rings (SSSR count). The van der Waals surface area contributed by atoms with Gasteiger partial charge in [-0.15, -0.1) is 16.8 Å². The molecule has 0 aliphatic carbocycles. The van der Waals surface area contributed by atoms with Crippen molar-refractivity contribution >= 4 is 0 Å². The molecule has 1 N–H and O–H groups in total. The Hall–Kier alpha value is -1.53. The largest absolute Gasteiger partial charge is 0.290 e. The van der Waals surface area contributed by atoms with E-state index in [2.05, 4.69) is 21.7 Å². The van der Waals surface area contributed by atoms with E-state index in [4.69, 9.17) is 5.26 Å². The van der Waals surface area contributed by atoms with Gasteiger partial charge in [-0.3, -0.25) is 14.6 Å². The van der Waals surface area contributed by atoms with E-state index in [9.17, 15) is 4.79 Å². The number of aromatic nitrogens is 3. The lowest BCUT2D eigenvalue weighted by molar-refractivity contribution is -0.254. The van der Waals surface area contributed by atoms with Crippen molar-refractivity contribution in [2.24, 2.45) is 0 Å². The summed E-state index contributed by atoms with van der Waals surface area (Å²) in [6.07, 6.45) is 1.58. The molecule has 6 heteroatoms. The third-order valence-electron chi connectivity index (χ3n) is 1.71. The summed E-state index contributed by atoms with van der Waals surface area (Å²) in [5.74, 6) is 0.497. The molecule has 1 aromatic heterocycles. The van der Waals surface area contributed by atoms with Crippen LogP contribution in [-0.2, 0) is 18.0 Å². The van der Waals surface area contributed by atoms with Crippen molar-refractivity contribution in [2.45, 2.75) is 20.1 Å². The minimum Gasteiger partial charge on any atom is -0.290 e. The number of hydrogen-bond acceptors (Lipinski definition) is 5. The summed E-state index contributed by atoms with van der Waals surface area (Å²) in [6.45, 7) is 5.29. The minimum atomic E-state index is -0.327. The molecule has 0 saturated heterocycles. The highest BCUT2D eigenvalue weighted by Crippen LogP contribution is 1.92. The molecule has 0 bridgehead atoms. The molecular weight excluding hydrogens is 186 g/mol. The Labute approximate surface area is 80.4 Å². The zero-order valence-electron chi connectivity index (χ0n) is 7.80. The lowest BCUT2D eigenvalue weighted by Gasteiger charge is -2.06. The second-order valence-corrected chi connectivity index (χ2v) is 2.67. The van der Waals surface area contributed by atoms with Crippen molar-refractivity contribution in [3.05, 3.63) is 34.5 Å². The van der Waals surface area contributed by atoms with Crippen molar-refractivity contribution in [2.75, 3.05) is 0 Å². The maximum atomic E-state index is 11.6. The Kier molecular flexibility index (Phi) is 3.49. The highest BCUT2D eigenvalue weighted by Gasteiger charge is 2.07. The van der Waals surface area contributed by atoms with Gasteiger partial charge in [-0.05, 0) is 6.92 Å². The fourth-order valence-corrected chi connectivity index (χ4v) is 1.03. The number of nitrogens with zero attached hydrogens (tertiary/aromatic N) is 3. The van der Waals surface area contributed by atoms with Crippen molar-refractivity contribution in [1.29, 1.82) is 0 Å². The molecule has 0 aromatic carbocycles. The first kappa shape index (κ1) is 10.6. The average Bonchev–Trinajstić information content (AvgIpc) is 2.17. The summed E-state index contributed by atoms with van der Waals surface area (Å²) in [5.41, 5.74) is -0.258.